The molecule has 0 saturated heterocycles. The predicted octanol–water partition coefficient (Wildman–Crippen LogP) is 14.2. The highest BCUT2D eigenvalue weighted by molar-refractivity contribution is 5.91. The molecule has 272 valence electrons. The van der Waals surface area contributed by atoms with Crippen molar-refractivity contribution in [2.45, 2.75) is 187 Å². The molecule has 0 aliphatic carbocycles. The van der Waals surface area contributed by atoms with Gasteiger partial charge in [-0.1, -0.05) is 186 Å². The number of hydrogen-bond donors (Lipinski definition) is 0. The molecule has 2 aromatic rings. The Labute approximate surface area is 296 Å². The lowest BCUT2D eigenvalue weighted by atomic mass is 10.0. The lowest BCUT2D eigenvalue weighted by Crippen LogP contribution is -2.10. The van der Waals surface area contributed by atoms with Gasteiger partial charge in [-0.2, -0.15) is 0 Å². The SMILES string of the molecule is CCCCCCCCCCCCCCCOc1ccccc1OC(=O)c1ccc(C(C)OCCCCCCCCCCCCCC)cc1. The molecule has 0 aliphatic heterocycles. The molecule has 1 unspecified atom stereocenters. The van der Waals surface area contributed by atoms with Crippen molar-refractivity contribution in [2.24, 2.45) is 0 Å². The van der Waals surface area contributed by atoms with Crippen LogP contribution in [0.2, 0.25) is 0 Å². The van der Waals surface area contributed by atoms with Crippen molar-refractivity contribution in [1.82, 2.24) is 0 Å². The Morgan fingerprint density at radius 2 is 0.896 bits per heavy atom. The first-order valence-electron chi connectivity index (χ1n) is 20.3. The third-order valence-electron chi connectivity index (χ3n) is 9.54. The van der Waals surface area contributed by atoms with E-state index in [2.05, 4.69) is 20.8 Å². The lowest BCUT2D eigenvalue weighted by molar-refractivity contribution is 0.0625. The van der Waals surface area contributed by atoms with Gasteiger partial charge in [0.05, 0.1) is 18.3 Å². The van der Waals surface area contributed by atoms with E-state index in [9.17, 15) is 4.79 Å². The second kappa shape index (κ2) is 29.6. The number of carbonyl (C=O) groups is 1. The van der Waals surface area contributed by atoms with Crippen molar-refractivity contribution in [3.8, 4) is 11.5 Å². The van der Waals surface area contributed by atoms with Crippen LogP contribution >= 0.6 is 0 Å². The van der Waals surface area contributed by atoms with Crippen LogP contribution in [0.1, 0.15) is 203 Å². The summed E-state index contributed by atoms with van der Waals surface area (Å²) in [5.74, 6) is 0.727. The quantitative estimate of drug-likeness (QED) is 0.0443. The molecule has 4 heteroatoms. The number of unbranched alkanes of at least 4 members (excludes halogenated alkanes) is 23. The Kier molecular flexibility index (Phi) is 25.8. The van der Waals surface area contributed by atoms with Gasteiger partial charge in [0, 0.05) is 6.61 Å². The first-order valence-corrected chi connectivity index (χ1v) is 20.3. The Morgan fingerprint density at radius 3 is 1.35 bits per heavy atom. The van der Waals surface area contributed by atoms with Gasteiger partial charge < -0.3 is 14.2 Å². The molecule has 2 aromatic carbocycles. The van der Waals surface area contributed by atoms with Gasteiger partial charge in [0.15, 0.2) is 11.5 Å². The number of hydrogen-bond acceptors (Lipinski definition) is 4. The van der Waals surface area contributed by atoms with Gasteiger partial charge in [0.25, 0.3) is 0 Å². The zero-order chi connectivity index (χ0) is 34.3. The maximum Gasteiger partial charge on any atom is 0.343 e. The summed E-state index contributed by atoms with van der Waals surface area (Å²) in [6, 6.07) is 15.1. The zero-order valence-corrected chi connectivity index (χ0v) is 31.4. The molecule has 4 nitrogen and oxygen atoms in total. The van der Waals surface area contributed by atoms with Crippen LogP contribution in [-0.4, -0.2) is 19.2 Å². The Hall–Kier alpha value is -2.33. The van der Waals surface area contributed by atoms with Crippen molar-refractivity contribution in [3.05, 3.63) is 59.7 Å². The van der Waals surface area contributed by atoms with E-state index in [4.69, 9.17) is 14.2 Å². The van der Waals surface area contributed by atoms with Crippen molar-refractivity contribution in [2.75, 3.05) is 13.2 Å². The van der Waals surface area contributed by atoms with E-state index in [0.717, 1.165) is 25.0 Å². The first kappa shape index (κ1) is 41.8. The minimum absolute atomic E-state index is 0.00186. The zero-order valence-electron chi connectivity index (χ0n) is 31.4. The van der Waals surface area contributed by atoms with E-state index in [1.807, 2.05) is 42.5 Å². The summed E-state index contributed by atoms with van der Waals surface area (Å²) in [5.41, 5.74) is 1.60. The normalized spacial score (nSPS) is 11.9. The van der Waals surface area contributed by atoms with Crippen LogP contribution in [0, 0.1) is 0 Å². The largest absolute Gasteiger partial charge is 0.490 e. The highest BCUT2D eigenvalue weighted by Crippen LogP contribution is 2.28. The van der Waals surface area contributed by atoms with Crippen LogP contribution < -0.4 is 9.47 Å². The van der Waals surface area contributed by atoms with Gasteiger partial charge >= 0.3 is 5.97 Å². The van der Waals surface area contributed by atoms with Gasteiger partial charge in [-0.15, -0.1) is 0 Å². The Bertz CT molecular complexity index is 1020. The maximum atomic E-state index is 12.9. The third kappa shape index (κ3) is 20.9. The van der Waals surface area contributed by atoms with E-state index in [-0.39, 0.29) is 12.1 Å². The number of rotatable bonds is 32. The van der Waals surface area contributed by atoms with Gasteiger partial charge in [0.1, 0.15) is 0 Å². The standard InChI is InChI=1S/C44H72O4/c1-4-6-8-10-12-14-16-18-20-22-24-26-30-38-47-42-31-27-28-32-43(42)48-44(45)41-35-33-40(34-36-41)39(3)46-37-29-25-23-21-19-17-15-13-11-9-7-5-2/h27-28,31-36,39H,4-26,29-30,37-38H2,1-3H3. The fourth-order valence-electron chi connectivity index (χ4n) is 6.30. The minimum atomic E-state index is -0.372. The highest BCUT2D eigenvalue weighted by Gasteiger charge is 2.14. The predicted molar refractivity (Wildman–Crippen MR) is 204 cm³/mol. The van der Waals surface area contributed by atoms with Crippen molar-refractivity contribution < 1.29 is 19.0 Å². The highest BCUT2D eigenvalue weighted by atomic mass is 16.6. The van der Waals surface area contributed by atoms with Crippen LogP contribution in [0.4, 0.5) is 0 Å². The molecule has 0 aliphatic rings. The monoisotopic (exact) mass is 665 g/mol. The average Bonchev–Trinajstić information content (AvgIpc) is 3.11. The third-order valence-corrected chi connectivity index (χ3v) is 9.54. The molecular formula is C44H72O4. The Balaban J connectivity index is 1.55. The molecule has 0 N–H and O–H groups in total. The smallest absolute Gasteiger partial charge is 0.343 e. The molecule has 0 amide bonds. The maximum absolute atomic E-state index is 12.9. The molecule has 0 spiro atoms. The number of benzene rings is 2. The minimum Gasteiger partial charge on any atom is -0.490 e. The summed E-state index contributed by atoms with van der Waals surface area (Å²) in [7, 11) is 0. The summed E-state index contributed by atoms with van der Waals surface area (Å²) < 4.78 is 17.9. The fraction of sp³-hybridized carbons (Fsp3) is 0.705. The Morgan fingerprint density at radius 1 is 0.500 bits per heavy atom. The second-order valence-electron chi connectivity index (χ2n) is 14.0. The summed E-state index contributed by atoms with van der Waals surface area (Å²) in [4.78, 5) is 12.9. The molecule has 0 bridgehead atoms. The summed E-state index contributed by atoms with van der Waals surface area (Å²) in [6.45, 7) is 8.05. The summed E-state index contributed by atoms with van der Waals surface area (Å²) in [6.07, 6.45) is 33.4. The van der Waals surface area contributed by atoms with E-state index in [1.165, 1.54) is 148 Å². The molecule has 48 heavy (non-hydrogen) atoms. The fourth-order valence-corrected chi connectivity index (χ4v) is 6.30. The molecule has 1 atom stereocenters. The van der Waals surface area contributed by atoms with E-state index < -0.39 is 0 Å². The van der Waals surface area contributed by atoms with E-state index >= 15 is 0 Å². The van der Waals surface area contributed by atoms with Gasteiger partial charge in [-0.25, -0.2) is 4.79 Å². The van der Waals surface area contributed by atoms with Crippen LogP contribution in [0.15, 0.2) is 48.5 Å². The van der Waals surface area contributed by atoms with Crippen molar-refractivity contribution in [1.29, 1.82) is 0 Å². The van der Waals surface area contributed by atoms with Crippen LogP contribution in [-0.2, 0) is 4.74 Å². The topological polar surface area (TPSA) is 44.8 Å². The molecule has 0 fully saturated rings. The molecule has 2 rings (SSSR count). The number of para-hydroxylation sites is 2. The molecular weight excluding hydrogens is 592 g/mol. The number of ether oxygens (including phenoxy) is 3. The van der Waals surface area contributed by atoms with E-state index in [1.54, 1.807) is 6.07 Å². The summed E-state index contributed by atoms with van der Waals surface area (Å²) in [5, 5.41) is 0. The van der Waals surface area contributed by atoms with Gasteiger partial charge in [0.2, 0.25) is 0 Å². The van der Waals surface area contributed by atoms with Crippen LogP contribution in [0.5, 0.6) is 11.5 Å². The van der Waals surface area contributed by atoms with Gasteiger partial charge in [-0.3, -0.25) is 0 Å². The van der Waals surface area contributed by atoms with Crippen molar-refractivity contribution in [3.63, 3.8) is 0 Å². The lowest BCUT2D eigenvalue weighted by Gasteiger charge is -2.14. The number of esters is 1. The molecule has 0 aromatic heterocycles. The average molecular weight is 665 g/mol. The van der Waals surface area contributed by atoms with Crippen LogP contribution in [0.3, 0.4) is 0 Å². The molecule has 0 saturated carbocycles. The van der Waals surface area contributed by atoms with E-state index in [0.29, 0.717) is 23.7 Å². The van der Waals surface area contributed by atoms with Crippen molar-refractivity contribution >= 4 is 5.97 Å². The van der Waals surface area contributed by atoms with Gasteiger partial charge in [-0.05, 0) is 49.6 Å². The second-order valence-corrected chi connectivity index (χ2v) is 14.0. The summed E-state index contributed by atoms with van der Waals surface area (Å²) >= 11 is 0. The molecule has 0 heterocycles. The number of carbonyl (C=O) groups excluding carboxylic acids is 1. The van der Waals surface area contributed by atoms with Crippen LogP contribution in [0.25, 0.3) is 0 Å². The first-order chi connectivity index (χ1) is 23.7. The molecule has 0 radical (unpaired) electrons.